The molecule has 30 heavy (non-hydrogen) atoms. The third kappa shape index (κ3) is 4.90. The fourth-order valence-electron chi connectivity index (χ4n) is 3.07. The topological polar surface area (TPSA) is 59.7 Å². The molecule has 0 aliphatic carbocycles. The minimum atomic E-state index is -0.249. The number of aryl methyl sites for hydroxylation is 1. The van der Waals surface area contributed by atoms with Crippen molar-refractivity contribution in [2.24, 2.45) is 0 Å². The molecule has 0 spiro atoms. The fourth-order valence-corrected chi connectivity index (χ4v) is 3.28. The highest BCUT2D eigenvalue weighted by Crippen LogP contribution is 2.13. The minimum absolute atomic E-state index is 0.249. The lowest BCUT2D eigenvalue weighted by atomic mass is 10.2. The number of benzene rings is 2. The Morgan fingerprint density at radius 3 is 2.47 bits per heavy atom. The highest BCUT2D eigenvalue weighted by molar-refractivity contribution is 7.80. The van der Waals surface area contributed by atoms with Crippen molar-refractivity contribution in [1.82, 2.24) is 19.6 Å². The molecular formula is C22H21FN6S. The van der Waals surface area contributed by atoms with Gasteiger partial charge in [-0.1, -0.05) is 48.5 Å². The van der Waals surface area contributed by atoms with E-state index in [9.17, 15) is 4.39 Å². The van der Waals surface area contributed by atoms with Gasteiger partial charge in [0.25, 0.3) is 0 Å². The molecule has 2 aromatic heterocycles. The van der Waals surface area contributed by atoms with Crippen LogP contribution in [0, 0.1) is 12.7 Å². The van der Waals surface area contributed by atoms with E-state index >= 15 is 0 Å². The van der Waals surface area contributed by atoms with Crippen LogP contribution in [-0.2, 0) is 13.1 Å². The van der Waals surface area contributed by atoms with Crippen molar-refractivity contribution in [3.8, 4) is 0 Å². The summed E-state index contributed by atoms with van der Waals surface area (Å²) in [4.78, 5) is 0. The number of halogens is 1. The van der Waals surface area contributed by atoms with Gasteiger partial charge in [0.15, 0.2) is 16.7 Å². The molecule has 2 N–H and O–H groups in total. The van der Waals surface area contributed by atoms with Gasteiger partial charge < -0.3 is 10.6 Å². The lowest BCUT2D eigenvalue weighted by Crippen LogP contribution is -2.20. The SMILES string of the molecule is Cc1cc(NC(=S)Nc2ccn(Cc3ccccc3F)n2)nn1Cc1ccccc1. The third-order valence-corrected chi connectivity index (χ3v) is 4.77. The Morgan fingerprint density at radius 1 is 0.933 bits per heavy atom. The van der Waals surface area contributed by atoms with Crippen LogP contribution in [0.25, 0.3) is 0 Å². The zero-order valence-corrected chi connectivity index (χ0v) is 17.2. The van der Waals surface area contributed by atoms with Crippen LogP contribution in [0.15, 0.2) is 72.9 Å². The summed E-state index contributed by atoms with van der Waals surface area (Å²) in [5.41, 5.74) is 2.78. The van der Waals surface area contributed by atoms with E-state index in [2.05, 4.69) is 33.0 Å². The average molecular weight is 421 g/mol. The largest absolute Gasteiger partial charge is 0.316 e. The standard InChI is InChI=1S/C22H21FN6S/c1-16-13-21(27-29(16)14-17-7-3-2-4-8-17)25-22(30)24-20-11-12-28(26-20)15-18-9-5-6-10-19(18)23/h2-13H,14-15H2,1H3,(H2,24,25,26,27,30). The molecule has 6 nitrogen and oxygen atoms in total. The molecule has 152 valence electrons. The number of thiocarbonyl (C=S) groups is 1. The molecule has 0 fully saturated rings. The van der Waals surface area contributed by atoms with Gasteiger partial charge in [-0.3, -0.25) is 9.36 Å². The quantitative estimate of drug-likeness (QED) is 0.452. The summed E-state index contributed by atoms with van der Waals surface area (Å²) in [6.45, 7) is 3.04. The Bertz CT molecular complexity index is 1150. The predicted octanol–water partition coefficient (Wildman–Crippen LogP) is 4.43. The molecule has 0 bridgehead atoms. The fraction of sp³-hybridized carbons (Fsp3) is 0.136. The second-order valence-corrected chi connectivity index (χ2v) is 7.29. The molecule has 0 atom stereocenters. The number of nitrogens with one attached hydrogen (secondary N) is 2. The lowest BCUT2D eigenvalue weighted by Gasteiger charge is -2.07. The Labute approximate surface area is 179 Å². The lowest BCUT2D eigenvalue weighted by molar-refractivity contribution is 0.586. The van der Waals surface area contributed by atoms with Gasteiger partial charge in [0, 0.05) is 29.6 Å². The molecule has 8 heteroatoms. The summed E-state index contributed by atoms with van der Waals surface area (Å²) in [7, 11) is 0. The number of hydrogen-bond acceptors (Lipinski definition) is 3. The molecule has 0 saturated carbocycles. The van der Waals surface area contributed by atoms with Gasteiger partial charge in [0.2, 0.25) is 0 Å². The van der Waals surface area contributed by atoms with Crippen LogP contribution < -0.4 is 10.6 Å². The number of rotatable bonds is 6. The van der Waals surface area contributed by atoms with E-state index in [0.29, 0.717) is 35.4 Å². The number of hydrogen-bond donors (Lipinski definition) is 2. The number of anilines is 2. The van der Waals surface area contributed by atoms with Gasteiger partial charge in [0.1, 0.15) is 5.82 Å². The van der Waals surface area contributed by atoms with Crippen LogP contribution in [0.3, 0.4) is 0 Å². The molecule has 0 amide bonds. The second kappa shape index (κ2) is 8.87. The van der Waals surface area contributed by atoms with Crippen LogP contribution in [0.5, 0.6) is 0 Å². The van der Waals surface area contributed by atoms with Crippen LogP contribution >= 0.6 is 12.2 Å². The summed E-state index contributed by atoms with van der Waals surface area (Å²) in [5, 5.41) is 15.5. The Kier molecular flexibility index (Phi) is 5.85. The van der Waals surface area contributed by atoms with Crippen LogP contribution in [-0.4, -0.2) is 24.7 Å². The molecule has 0 unspecified atom stereocenters. The van der Waals surface area contributed by atoms with Gasteiger partial charge in [-0.05, 0) is 30.8 Å². The molecule has 4 aromatic rings. The van der Waals surface area contributed by atoms with Gasteiger partial charge >= 0.3 is 0 Å². The molecule has 0 aliphatic rings. The number of nitrogens with zero attached hydrogens (tertiary/aromatic N) is 4. The Balaban J connectivity index is 1.36. The molecular weight excluding hydrogens is 399 g/mol. The van der Waals surface area contributed by atoms with E-state index in [1.807, 2.05) is 35.9 Å². The first-order chi connectivity index (χ1) is 14.6. The van der Waals surface area contributed by atoms with Crippen molar-refractivity contribution in [3.05, 3.63) is 95.6 Å². The molecule has 0 saturated heterocycles. The monoisotopic (exact) mass is 420 g/mol. The zero-order chi connectivity index (χ0) is 20.9. The highest BCUT2D eigenvalue weighted by atomic mass is 32.1. The molecule has 4 rings (SSSR count). The molecule has 0 aliphatic heterocycles. The maximum Gasteiger partial charge on any atom is 0.177 e. The first-order valence-electron chi connectivity index (χ1n) is 9.50. The zero-order valence-electron chi connectivity index (χ0n) is 16.4. The molecule has 2 heterocycles. The number of aromatic nitrogens is 4. The average Bonchev–Trinajstić information content (AvgIpc) is 3.30. The van der Waals surface area contributed by atoms with Crippen molar-refractivity contribution < 1.29 is 4.39 Å². The van der Waals surface area contributed by atoms with E-state index in [1.54, 1.807) is 35.1 Å². The maximum absolute atomic E-state index is 13.8. The predicted molar refractivity (Wildman–Crippen MR) is 120 cm³/mol. The van der Waals surface area contributed by atoms with E-state index in [-0.39, 0.29) is 5.82 Å². The molecule has 2 aromatic carbocycles. The van der Waals surface area contributed by atoms with Crippen LogP contribution in [0.2, 0.25) is 0 Å². The normalized spacial score (nSPS) is 10.7. The van der Waals surface area contributed by atoms with E-state index in [0.717, 1.165) is 5.69 Å². The third-order valence-electron chi connectivity index (χ3n) is 4.57. The highest BCUT2D eigenvalue weighted by Gasteiger charge is 2.09. The minimum Gasteiger partial charge on any atom is -0.316 e. The van der Waals surface area contributed by atoms with Gasteiger partial charge in [-0.2, -0.15) is 10.2 Å². The first-order valence-corrected chi connectivity index (χ1v) is 9.91. The first kappa shape index (κ1) is 19.8. The van der Waals surface area contributed by atoms with E-state index in [1.165, 1.54) is 11.6 Å². The summed E-state index contributed by atoms with van der Waals surface area (Å²) >= 11 is 5.38. The smallest absolute Gasteiger partial charge is 0.177 e. The van der Waals surface area contributed by atoms with Gasteiger partial charge in [-0.25, -0.2) is 4.39 Å². The second-order valence-electron chi connectivity index (χ2n) is 6.88. The maximum atomic E-state index is 13.8. The summed E-state index contributed by atoms with van der Waals surface area (Å²) in [6.07, 6.45) is 1.77. The summed E-state index contributed by atoms with van der Waals surface area (Å²) in [6, 6.07) is 20.5. The van der Waals surface area contributed by atoms with Crippen molar-refractivity contribution in [2.45, 2.75) is 20.0 Å². The van der Waals surface area contributed by atoms with Crippen LogP contribution in [0.4, 0.5) is 16.0 Å². The van der Waals surface area contributed by atoms with Crippen molar-refractivity contribution in [2.75, 3.05) is 10.6 Å². The van der Waals surface area contributed by atoms with E-state index in [4.69, 9.17) is 12.2 Å². The Morgan fingerprint density at radius 2 is 1.67 bits per heavy atom. The van der Waals surface area contributed by atoms with Crippen molar-refractivity contribution in [1.29, 1.82) is 0 Å². The molecule has 0 radical (unpaired) electrons. The van der Waals surface area contributed by atoms with Crippen molar-refractivity contribution >= 4 is 29.0 Å². The van der Waals surface area contributed by atoms with E-state index < -0.39 is 0 Å². The Hall–Kier alpha value is -3.52. The van der Waals surface area contributed by atoms with Crippen molar-refractivity contribution in [3.63, 3.8) is 0 Å². The summed E-state index contributed by atoms with van der Waals surface area (Å²) < 4.78 is 17.4. The van der Waals surface area contributed by atoms with Gasteiger partial charge in [0.05, 0.1) is 13.1 Å². The van der Waals surface area contributed by atoms with Gasteiger partial charge in [-0.15, -0.1) is 0 Å². The van der Waals surface area contributed by atoms with Crippen LogP contribution in [0.1, 0.15) is 16.8 Å². The summed E-state index contributed by atoms with van der Waals surface area (Å²) in [5.74, 6) is 0.983.